The lowest BCUT2D eigenvalue weighted by atomic mass is 9.94. The first kappa shape index (κ1) is 39.0. The second-order valence-electron chi connectivity index (χ2n) is 15.0. The lowest BCUT2D eigenvalue weighted by Gasteiger charge is -2.28. The summed E-state index contributed by atoms with van der Waals surface area (Å²) in [5.74, 6) is 0. The Kier molecular flexibility index (Phi) is 12.4. The van der Waals surface area contributed by atoms with E-state index in [-0.39, 0.29) is 16.7 Å². The van der Waals surface area contributed by atoms with E-state index < -0.39 is 31.8 Å². The Balaban J connectivity index is 1.32. The Hall–Kier alpha value is -6.30. The molecule has 3 heterocycles. The fourth-order valence-corrected chi connectivity index (χ4v) is 8.22. The fourth-order valence-electron chi connectivity index (χ4n) is 8.22. The summed E-state index contributed by atoms with van der Waals surface area (Å²) in [5.41, 5.74) is 2.11. The number of piperidine rings is 3. The predicted octanol–water partition coefficient (Wildman–Crippen LogP) is 10.9. The highest BCUT2D eigenvalue weighted by atomic mass is 16.6. The van der Waals surface area contributed by atoms with Crippen molar-refractivity contribution in [2.24, 2.45) is 0 Å². The average Bonchev–Trinajstić information content (AvgIpc) is 3.25. The standard InChI is InChI=1S/C45H48N6O6/c52-49(53)43-40(25-16-34-10-19-37(20-11-34)46-28-4-1-5-29-46)44(50(54)55)42(27-18-36-14-23-39(24-15-36)48-32-8-3-9-33-48)45(51(56)57)41(43)26-17-35-12-21-38(22-13-35)47-30-6-2-7-31-47/h10-27H,1-9,28-33H2. The molecule has 0 N–H and O–H groups in total. The summed E-state index contributed by atoms with van der Waals surface area (Å²) in [6.07, 6.45) is 19.1. The molecule has 7 rings (SSSR count). The van der Waals surface area contributed by atoms with Gasteiger partial charge >= 0.3 is 0 Å². The van der Waals surface area contributed by atoms with Gasteiger partial charge in [0.1, 0.15) is 16.7 Å². The molecule has 0 atom stereocenters. The highest BCUT2D eigenvalue weighted by molar-refractivity contribution is 5.96. The third-order valence-corrected chi connectivity index (χ3v) is 11.2. The Morgan fingerprint density at radius 2 is 0.579 bits per heavy atom. The van der Waals surface area contributed by atoms with E-state index in [4.69, 9.17) is 0 Å². The zero-order valence-corrected chi connectivity index (χ0v) is 32.1. The lowest BCUT2D eigenvalue weighted by molar-refractivity contribution is -0.403. The Labute approximate surface area is 332 Å². The average molecular weight is 769 g/mol. The van der Waals surface area contributed by atoms with Gasteiger partial charge in [0, 0.05) is 56.3 Å². The fraction of sp³-hybridized carbons (Fsp3) is 0.333. The molecule has 0 saturated carbocycles. The molecule has 294 valence electrons. The smallest absolute Gasteiger partial charge is 0.297 e. The zero-order valence-electron chi connectivity index (χ0n) is 32.1. The van der Waals surface area contributed by atoms with Gasteiger partial charge in [0.2, 0.25) is 0 Å². The first-order valence-electron chi connectivity index (χ1n) is 20.0. The molecule has 0 unspecified atom stereocenters. The van der Waals surface area contributed by atoms with Crippen LogP contribution in [0, 0.1) is 30.3 Å². The van der Waals surface area contributed by atoms with E-state index in [2.05, 4.69) is 14.7 Å². The van der Waals surface area contributed by atoms with Crippen LogP contribution in [0.3, 0.4) is 0 Å². The third-order valence-electron chi connectivity index (χ3n) is 11.2. The van der Waals surface area contributed by atoms with Gasteiger partial charge in [0.15, 0.2) is 0 Å². The summed E-state index contributed by atoms with van der Waals surface area (Å²) in [6, 6.07) is 23.0. The monoisotopic (exact) mass is 768 g/mol. The molecule has 0 radical (unpaired) electrons. The minimum atomic E-state index is -0.759. The molecule has 0 spiro atoms. The molecule has 3 fully saturated rings. The summed E-state index contributed by atoms with van der Waals surface area (Å²) < 4.78 is 0. The van der Waals surface area contributed by atoms with Crippen LogP contribution in [0.4, 0.5) is 34.1 Å². The molecule has 0 aromatic heterocycles. The SMILES string of the molecule is O=[N+]([O-])c1c(C=Cc2ccc(N3CCCCC3)cc2)c([N+](=O)[O-])c(C=Cc2ccc(N3CCCCC3)cc2)c([N+](=O)[O-])c1C=Cc1ccc(N2CCCCC2)cc1. The van der Waals surface area contributed by atoms with E-state index in [9.17, 15) is 30.3 Å². The molecule has 57 heavy (non-hydrogen) atoms. The summed E-state index contributed by atoms with van der Waals surface area (Å²) >= 11 is 0. The van der Waals surface area contributed by atoms with Crippen molar-refractivity contribution in [3.8, 4) is 0 Å². The van der Waals surface area contributed by atoms with Crippen molar-refractivity contribution in [2.75, 3.05) is 54.0 Å². The third kappa shape index (κ3) is 9.23. The molecule has 12 heteroatoms. The van der Waals surface area contributed by atoms with Crippen LogP contribution in [-0.4, -0.2) is 54.0 Å². The summed E-state index contributed by atoms with van der Waals surface area (Å²) in [7, 11) is 0. The van der Waals surface area contributed by atoms with Crippen LogP contribution in [0.25, 0.3) is 36.5 Å². The van der Waals surface area contributed by atoms with Crippen molar-refractivity contribution in [2.45, 2.75) is 57.8 Å². The van der Waals surface area contributed by atoms with Crippen LogP contribution in [-0.2, 0) is 0 Å². The number of hydrogen-bond donors (Lipinski definition) is 0. The normalized spacial score (nSPS) is 16.5. The first-order valence-corrected chi connectivity index (χ1v) is 20.0. The van der Waals surface area contributed by atoms with Gasteiger partial charge in [0.25, 0.3) is 17.1 Å². The second-order valence-corrected chi connectivity index (χ2v) is 15.0. The quantitative estimate of drug-likeness (QED) is 0.0782. The van der Waals surface area contributed by atoms with Gasteiger partial charge in [-0.15, -0.1) is 0 Å². The number of rotatable bonds is 12. The number of benzene rings is 4. The number of hydrogen-bond acceptors (Lipinski definition) is 9. The molecular weight excluding hydrogens is 721 g/mol. The molecule has 0 bridgehead atoms. The van der Waals surface area contributed by atoms with E-state index in [0.717, 1.165) is 94.9 Å². The minimum Gasteiger partial charge on any atom is -0.372 e. The van der Waals surface area contributed by atoms with Crippen LogP contribution < -0.4 is 14.7 Å². The molecule has 3 aliphatic heterocycles. The van der Waals surface area contributed by atoms with E-state index in [0.29, 0.717) is 16.7 Å². The molecule has 4 aromatic rings. The molecule has 12 nitrogen and oxygen atoms in total. The second kappa shape index (κ2) is 18.1. The van der Waals surface area contributed by atoms with Crippen molar-refractivity contribution in [3.63, 3.8) is 0 Å². The lowest BCUT2D eigenvalue weighted by Crippen LogP contribution is -2.29. The van der Waals surface area contributed by atoms with Gasteiger partial charge in [-0.05, 0) is 129 Å². The number of nitro benzene ring substituents is 3. The Morgan fingerprint density at radius 1 is 0.351 bits per heavy atom. The van der Waals surface area contributed by atoms with Crippen LogP contribution >= 0.6 is 0 Å². The minimum absolute atomic E-state index is 0.323. The molecule has 3 saturated heterocycles. The topological polar surface area (TPSA) is 139 Å². The van der Waals surface area contributed by atoms with Gasteiger partial charge in [-0.25, -0.2) is 0 Å². The van der Waals surface area contributed by atoms with Crippen molar-refractivity contribution in [1.82, 2.24) is 0 Å². The highest BCUT2D eigenvalue weighted by Gasteiger charge is 2.39. The Bertz CT molecular complexity index is 1890. The summed E-state index contributed by atoms with van der Waals surface area (Å²) in [4.78, 5) is 43.5. The number of anilines is 3. The molecule has 0 aliphatic carbocycles. The van der Waals surface area contributed by atoms with Crippen molar-refractivity contribution < 1.29 is 14.8 Å². The molecule has 0 amide bonds. The highest BCUT2D eigenvalue weighted by Crippen LogP contribution is 2.46. The maximum absolute atomic E-state index is 13.0. The maximum Gasteiger partial charge on any atom is 0.297 e. The van der Waals surface area contributed by atoms with Gasteiger partial charge < -0.3 is 14.7 Å². The largest absolute Gasteiger partial charge is 0.372 e. The molecule has 4 aromatic carbocycles. The van der Waals surface area contributed by atoms with Crippen LogP contribution in [0.1, 0.15) is 91.2 Å². The number of nitrogens with zero attached hydrogens (tertiary/aromatic N) is 6. The van der Waals surface area contributed by atoms with Gasteiger partial charge in [-0.1, -0.05) is 54.6 Å². The van der Waals surface area contributed by atoms with Gasteiger partial charge in [-0.3, -0.25) is 30.3 Å². The predicted molar refractivity (Wildman–Crippen MR) is 231 cm³/mol. The van der Waals surface area contributed by atoms with Gasteiger partial charge in [-0.2, -0.15) is 0 Å². The van der Waals surface area contributed by atoms with Crippen molar-refractivity contribution in [3.05, 3.63) is 137 Å². The maximum atomic E-state index is 13.0. The van der Waals surface area contributed by atoms with E-state index in [1.54, 1.807) is 18.2 Å². The molecular formula is C45H48N6O6. The van der Waals surface area contributed by atoms with Gasteiger partial charge in [0.05, 0.1) is 14.8 Å². The van der Waals surface area contributed by atoms with Crippen molar-refractivity contribution >= 4 is 70.6 Å². The summed E-state index contributed by atoms with van der Waals surface area (Å²) in [5, 5.41) is 38.9. The van der Waals surface area contributed by atoms with Crippen LogP contribution in [0.5, 0.6) is 0 Å². The van der Waals surface area contributed by atoms with E-state index >= 15 is 0 Å². The number of nitro groups is 3. The Morgan fingerprint density at radius 3 is 0.789 bits per heavy atom. The van der Waals surface area contributed by atoms with E-state index in [1.807, 2.05) is 72.8 Å². The van der Waals surface area contributed by atoms with E-state index in [1.165, 1.54) is 37.5 Å². The summed E-state index contributed by atoms with van der Waals surface area (Å²) in [6.45, 7) is 5.80. The van der Waals surface area contributed by atoms with Crippen LogP contribution in [0.15, 0.2) is 72.8 Å². The zero-order chi connectivity index (χ0) is 39.7. The van der Waals surface area contributed by atoms with Crippen LogP contribution in [0.2, 0.25) is 0 Å². The molecule has 3 aliphatic rings. The first-order chi connectivity index (χ1) is 27.8. The van der Waals surface area contributed by atoms with Crippen molar-refractivity contribution in [1.29, 1.82) is 0 Å².